The number of rotatable bonds is 23. The minimum absolute atomic E-state index is 0.169. The van der Waals surface area contributed by atoms with Crippen LogP contribution in [0.1, 0.15) is 78.1 Å². The lowest BCUT2D eigenvalue weighted by Crippen LogP contribution is -2.41. The van der Waals surface area contributed by atoms with E-state index in [1.54, 1.807) is 6.92 Å². The van der Waals surface area contributed by atoms with Gasteiger partial charge in [0.1, 0.15) is 6.04 Å². The van der Waals surface area contributed by atoms with E-state index >= 15 is 0 Å². The monoisotopic (exact) mass is 568 g/mol. The number of carboxylic acids is 1. The van der Waals surface area contributed by atoms with Gasteiger partial charge in [-0.25, -0.2) is 9.59 Å². The van der Waals surface area contributed by atoms with Crippen molar-refractivity contribution in [2.75, 3.05) is 13.2 Å². The van der Waals surface area contributed by atoms with Gasteiger partial charge in [-0.15, -0.1) is 0 Å². The fourth-order valence-electron chi connectivity index (χ4n) is 3.29. The second-order valence-corrected chi connectivity index (χ2v) is 8.93. The van der Waals surface area contributed by atoms with Gasteiger partial charge >= 0.3 is 11.9 Å². The normalized spacial score (nSPS) is 13.0. The van der Waals surface area contributed by atoms with Crippen LogP contribution in [0.15, 0.2) is 85.1 Å². The van der Waals surface area contributed by atoms with Crippen molar-refractivity contribution in [1.82, 2.24) is 10.6 Å². The van der Waals surface area contributed by atoms with Crippen molar-refractivity contribution < 1.29 is 29.0 Å². The highest BCUT2D eigenvalue weighted by atomic mass is 16.5. The van der Waals surface area contributed by atoms with Gasteiger partial charge in [-0.2, -0.15) is 0 Å². The molecule has 0 saturated heterocycles. The lowest BCUT2D eigenvalue weighted by molar-refractivity contribution is -0.142. The third-order valence-corrected chi connectivity index (χ3v) is 5.39. The third kappa shape index (κ3) is 26.1. The lowest BCUT2D eigenvalue weighted by atomic mass is 10.1. The molecule has 0 saturated carbocycles. The molecule has 0 aliphatic carbocycles. The van der Waals surface area contributed by atoms with Crippen LogP contribution in [-0.2, 0) is 23.9 Å². The molecule has 226 valence electrons. The van der Waals surface area contributed by atoms with Gasteiger partial charge in [-0.05, 0) is 64.7 Å². The third-order valence-electron chi connectivity index (χ3n) is 5.39. The molecule has 0 spiro atoms. The van der Waals surface area contributed by atoms with Crippen LogP contribution in [0.25, 0.3) is 0 Å². The van der Waals surface area contributed by atoms with E-state index in [1.165, 1.54) is 0 Å². The SMILES string of the molecule is CC/C=C\C/C=C\C/C=C\C/C=C\C/C=C\C/C=C\CCC(=O)N[C@@H](CCCNC(=O)/C=C/C(=O)OCC)C(=O)O. The number of nitrogens with one attached hydrogen (secondary N) is 2. The van der Waals surface area contributed by atoms with Gasteiger partial charge in [-0.3, -0.25) is 9.59 Å². The molecule has 0 fully saturated rings. The molecule has 0 aromatic carbocycles. The number of carbonyl (C=O) groups is 4. The topological polar surface area (TPSA) is 122 Å². The van der Waals surface area contributed by atoms with E-state index in [-0.39, 0.29) is 31.9 Å². The summed E-state index contributed by atoms with van der Waals surface area (Å²) in [6.45, 7) is 4.22. The van der Waals surface area contributed by atoms with Crippen LogP contribution < -0.4 is 10.6 Å². The fourth-order valence-corrected chi connectivity index (χ4v) is 3.29. The minimum atomic E-state index is -1.12. The van der Waals surface area contributed by atoms with Crippen LogP contribution in [0.2, 0.25) is 0 Å². The van der Waals surface area contributed by atoms with Gasteiger partial charge in [0.15, 0.2) is 0 Å². The molecule has 0 heterocycles. The predicted molar refractivity (Wildman–Crippen MR) is 165 cm³/mol. The first kappa shape index (κ1) is 37.1. The van der Waals surface area contributed by atoms with E-state index in [0.29, 0.717) is 12.8 Å². The van der Waals surface area contributed by atoms with Gasteiger partial charge in [0.2, 0.25) is 11.8 Å². The number of carboxylic acid groups (broad SMARTS) is 1. The molecule has 3 N–H and O–H groups in total. The Balaban J connectivity index is 3.99. The summed E-state index contributed by atoms with van der Waals surface area (Å²) >= 11 is 0. The van der Waals surface area contributed by atoms with Crippen LogP contribution >= 0.6 is 0 Å². The van der Waals surface area contributed by atoms with E-state index < -0.39 is 23.9 Å². The summed E-state index contributed by atoms with van der Waals surface area (Å²) in [6.07, 6.45) is 34.3. The number of aliphatic carboxylic acids is 1. The Labute approximate surface area is 245 Å². The Morgan fingerprint density at radius 3 is 1.73 bits per heavy atom. The van der Waals surface area contributed by atoms with E-state index in [1.807, 2.05) is 12.2 Å². The van der Waals surface area contributed by atoms with E-state index in [0.717, 1.165) is 50.7 Å². The number of esters is 1. The molecule has 8 heteroatoms. The van der Waals surface area contributed by atoms with Crippen LogP contribution in [0.4, 0.5) is 0 Å². The number of carbonyl (C=O) groups excluding carboxylic acids is 3. The van der Waals surface area contributed by atoms with Crippen molar-refractivity contribution in [3.8, 4) is 0 Å². The summed E-state index contributed by atoms with van der Waals surface area (Å²) in [5.74, 6) is -2.55. The molecule has 8 nitrogen and oxygen atoms in total. The molecule has 0 rings (SSSR count). The largest absolute Gasteiger partial charge is 0.480 e. The molecule has 0 aliphatic heterocycles. The summed E-state index contributed by atoms with van der Waals surface area (Å²) in [7, 11) is 0. The van der Waals surface area contributed by atoms with Crippen molar-refractivity contribution in [2.45, 2.75) is 84.1 Å². The van der Waals surface area contributed by atoms with Crippen LogP contribution in [0.5, 0.6) is 0 Å². The van der Waals surface area contributed by atoms with Crippen LogP contribution in [0, 0.1) is 0 Å². The molecule has 1 atom stereocenters. The number of hydrogen-bond acceptors (Lipinski definition) is 5. The Bertz CT molecular complexity index is 957. The summed E-state index contributed by atoms with van der Waals surface area (Å²) < 4.78 is 4.68. The summed E-state index contributed by atoms with van der Waals surface area (Å²) in [6, 6.07) is -1.03. The smallest absolute Gasteiger partial charge is 0.330 e. The fraction of sp³-hybridized carbons (Fsp3) is 0.455. The Morgan fingerprint density at radius 1 is 0.732 bits per heavy atom. The average molecular weight is 569 g/mol. The van der Waals surface area contributed by atoms with Crippen molar-refractivity contribution >= 4 is 23.8 Å². The van der Waals surface area contributed by atoms with Gasteiger partial charge in [0.25, 0.3) is 0 Å². The first-order valence-electron chi connectivity index (χ1n) is 14.4. The quantitative estimate of drug-likeness (QED) is 0.0597. The van der Waals surface area contributed by atoms with Gasteiger partial charge in [-0.1, -0.05) is 79.8 Å². The predicted octanol–water partition coefficient (Wildman–Crippen LogP) is 6.05. The lowest BCUT2D eigenvalue weighted by Gasteiger charge is -2.14. The summed E-state index contributed by atoms with van der Waals surface area (Å²) in [5, 5.41) is 14.4. The highest BCUT2D eigenvalue weighted by molar-refractivity contribution is 5.94. The second-order valence-electron chi connectivity index (χ2n) is 8.93. The summed E-state index contributed by atoms with van der Waals surface area (Å²) in [5.41, 5.74) is 0. The van der Waals surface area contributed by atoms with Gasteiger partial charge in [0, 0.05) is 25.1 Å². The Morgan fingerprint density at radius 2 is 1.24 bits per heavy atom. The Kier molecular flexibility index (Phi) is 25.0. The molecule has 0 aromatic rings. The van der Waals surface area contributed by atoms with Crippen molar-refractivity contribution in [3.63, 3.8) is 0 Å². The van der Waals surface area contributed by atoms with Crippen molar-refractivity contribution in [3.05, 3.63) is 85.1 Å². The zero-order valence-corrected chi connectivity index (χ0v) is 24.6. The molecule has 0 aliphatic rings. The van der Waals surface area contributed by atoms with Crippen LogP contribution in [-0.4, -0.2) is 48.1 Å². The van der Waals surface area contributed by atoms with Crippen molar-refractivity contribution in [2.24, 2.45) is 0 Å². The van der Waals surface area contributed by atoms with E-state index in [4.69, 9.17) is 0 Å². The zero-order chi connectivity index (χ0) is 30.4. The minimum Gasteiger partial charge on any atom is -0.480 e. The van der Waals surface area contributed by atoms with Gasteiger partial charge in [0.05, 0.1) is 6.61 Å². The highest BCUT2D eigenvalue weighted by Gasteiger charge is 2.19. The van der Waals surface area contributed by atoms with Crippen molar-refractivity contribution in [1.29, 1.82) is 0 Å². The molecule has 0 unspecified atom stereocenters. The number of hydrogen-bond donors (Lipinski definition) is 3. The summed E-state index contributed by atoms with van der Waals surface area (Å²) in [4.78, 5) is 46.4. The highest BCUT2D eigenvalue weighted by Crippen LogP contribution is 2.01. The number of ether oxygens (including phenoxy) is 1. The molecule has 41 heavy (non-hydrogen) atoms. The first-order chi connectivity index (χ1) is 19.9. The standard InChI is InChI=1S/C33H48N2O6/c1-3-5-6-7-8-9-10-11-12-13-14-15-16-17-18-19-20-21-22-25-31(37)35-29(33(39)40)24-23-28-34-30(36)26-27-32(38)41-4-2/h5-6,8-9,11-12,14-15,17-18,20-21,26-27,29H,3-4,7,10,13,16,19,22-25,28H2,1-2H3,(H,34,36)(H,35,37)(H,39,40)/b6-5-,9-8-,12-11-,15-14-,18-17-,21-20-,27-26+/t29-/m0/s1. The van der Waals surface area contributed by atoms with Gasteiger partial charge < -0.3 is 20.5 Å². The Hall–Kier alpha value is -3.94. The van der Waals surface area contributed by atoms with E-state index in [2.05, 4.69) is 83.1 Å². The molecule has 2 amide bonds. The number of amides is 2. The molecule has 0 bridgehead atoms. The zero-order valence-electron chi connectivity index (χ0n) is 24.6. The second kappa shape index (κ2) is 27.6. The average Bonchev–Trinajstić information content (AvgIpc) is 2.94. The van der Waals surface area contributed by atoms with Crippen LogP contribution in [0.3, 0.4) is 0 Å². The number of allylic oxidation sites excluding steroid dienone is 12. The maximum absolute atomic E-state index is 12.1. The molecular weight excluding hydrogens is 520 g/mol. The maximum atomic E-state index is 12.1. The first-order valence-corrected chi connectivity index (χ1v) is 14.4. The van der Waals surface area contributed by atoms with E-state index in [9.17, 15) is 24.3 Å². The molecular formula is C33H48N2O6. The molecule has 0 radical (unpaired) electrons. The maximum Gasteiger partial charge on any atom is 0.330 e. The molecule has 0 aromatic heterocycles.